The Kier molecular flexibility index (Phi) is 3.20. The first-order chi connectivity index (χ1) is 9.97. The summed E-state index contributed by atoms with van der Waals surface area (Å²) in [6.45, 7) is 4.88. The number of nitrogens with one attached hydrogen (secondary N) is 2. The van der Waals surface area contributed by atoms with Crippen LogP contribution in [0.25, 0.3) is 10.9 Å². The van der Waals surface area contributed by atoms with Gasteiger partial charge in [-0.25, -0.2) is 0 Å². The molecule has 0 radical (unpaired) electrons. The Labute approximate surface area is 123 Å². The molecule has 1 aromatic heterocycles. The summed E-state index contributed by atoms with van der Waals surface area (Å²) in [5.41, 5.74) is 1.31. The number of carbonyl (C=O) groups is 2. The van der Waals surface area contributed by atoms with Crippen molar-refractivity contribution in [3.8, 4) is 0 Å². The molecule has 1 aliphatic rings. The number of rotatable bonds is 3. The molecule has 5 nitrogen and oxygen atoms in total. The van der Waals surface area contributed by atoms with Crippen LogP contribution < -0.4 is 5.32 Å². The zero-order valence-electron chi connectivity index (χ0n) is 12.3. The highest BCUT2D eigenvalue weighted by Crippen LogP contribution is 2.28. The number of carbonyl (C=O) groups excluding carboxylic acids is 2. The molecule has 3 rings (SSSR count). The van der Waals surface area contributed by atoms with Gasteiger partial charge in [-0.3, -0.25) is 9.59 Å². The molecule has 0 bridgehead atoms. The molecule has 21 heavy (non-hydrogen) atoms. The fourth-order valence-electron chi connectivity index (χ4n) is 2.68. The van der Waals surface area contributed by atoms with Crippen molar-refractivity contribution >= 4 is 22.7 Å². The molecule has 2 aromatic rings. The summed E-state index contributed by atoms with van der Waals surface area (Å²) in [6, 6.07) is 9.49. The predicted octanol–water partition coefficient (Wildman–Crippen LogP) is 1.91. The highest BCUT2D eigenvalue weighted by molar-refractivity contribution is 5.99. The number of benzene rings is 1. The van der Waals surface area contributed by atoms with Crippen LogP contribution in [0.2, 0.25) is 0 Å². The fraction of sp³-hybridized carbons (Fsp3) is 0.375. The van der Waals surface area contributed by atoms with E-state index in [-0.39, 0.29) is 23.9 Å². The van der Waals surface area contributed by atoms with E-state index < -0.39 is 0 Å². The highest BCUT2D eigenvalue weighted by Gasteiger charge is 2.38. The normalized spacial score (nSPS) is 16.6. The fourth-order valence-corrected chi connectivity index (χ4v) is 2.68. The van der Waals surface area contributed by atoms with Gasteiger partial charge in [-0.1, -0.05) is 18.2 Å². The van der Waals surface area contributed by atoms with Gasteiger partial charge in [-0.05, 0) is 32.4 Å². The van der Waals surface area contributed by atoms with Crippen molar-refractivity contribution in [3.05, 3.63) is 36.0 Å². The number of aromatic amines is 1. The summed E-state index contributed by atoms with van der Waals surface area (Å²) in [6.07, 6.45) is 1.01. The molecule has 2 heterocycles. The van der Waals surface area contributed by atoms with Gasteiger partial charge < -0.3 is 15.2 Å². The molecule has 0 spiro atoms. The predicted molar refractivity (Wildman–Crippen MR) is 81.0 cm³/mol. The summed E-state index contributed by atoms with van der Waals surface area (Å²) in [5.74, 6) is -0.284. The number of para-hydroxylation sites is 1. The Hall–Kier alpha value is -2.30. The van der Waals surface area contributed by atoms with E-state index in [0.29, 0.717) is 5.69 Å². The third kappa shape index (κ3) is 2.51. The highest BCUT2D eigenvalue weighted by atomic mass is 16.2. The number of amides is 2. The van der Waals surface area contributed by atoms with Gasteiger partial charge >= 0.3 is 0 Å². The number of nitrogens with zero attached hydrogens (tertiary/aromatic N) is 1. The van der Waals surface area contributed by atoms with Crippen LogP contribution in [-0.4, -0.2) is 40.3 Å². The molecule has 5 heteroatoms. The summed E-state index contributed by atoms with van der Waals surface area (Å²) in [5, 5.41) is 3.67. The zero-order chi connectivity index (χ0) is 15.0. The third-order valence-corrected chi connectivity index (χ3v) is 4.15. The molecule has 110 valence electrons. The van der Waals surface area contributed by atoms with Crippen LogP contribution in [0.4, 0.5) is 0 Å². The first kappa shape index (κ1) is 13.7. The molecule has 1 aliphatic heterocycles. The van der Waals surface area contributed by atoms with Gasteiger partial charge in [0.05, 0.1) is 6.54 Å². The van der Waals surface area contributed by atoms with Gasteiger partial charge in [0.25, 0.3) is 5.91 Å². The molecule has 2 amide bonds. The number of aromatic nitrogens is 1. The quantitative estimate of drug-likeness (QED) is 0.904. The Morgan fingerprint density at radius 3 is 2.71 bits per heavy atom. The first-order valence-corrected chi connectivity index (χ1v) is 7.14. The van der Waals surface area contributed by atoms with E-state index >= 15 is 0 Å². The van der Waals surface area contributed by atoms with Crippen LogP contribution in [0.1, 0.15) is 30.8 Å². The second-order valence-electron chi connectivity index (χ2n) is 6.06. The van der Waals surface area contributed by atoms with Crippen molar-refractivity contribution in [2.24, 2.45) is 0 Å². The SMILES string of the molecule is CC1(C)CCN1C(=O)CNC(=O)c1cc2ccccc2[nH]1. The molecule has 1 aromatic carbocycles. The second-order valence-corrected chi connectivity index (χ2v) is 6.06. The molecular formula is C16H19N3O2. The van der Waals surface area contributed by atoms with E-state index in [4.69, 9.17) is 0 Å². The third-order valence-electron chi connectivity index (χ3n) is 4.15. The van der Waals surface area contributed by atoms with Crippen molar-refractivity contribution in [3.63, 3.8) is 0 Å². The van der Waals surface area contributed by atoms with E-state index in [1.54, 1.807) is 11.0 Å². The minimum absolute atomic E-state index is 0.0317. The number of hydrogen-bond acceptors (Lipinski definition) is 2. The van der Waals surface area contributed by atoms with E-state index in [0.717, 1.165) is 23.9 Å². The number of hydrogen-bond donors (Lipinski definition) is 2. The van der Waals surface area contributed by atoms with Gasteiger partial charge in [-0.15, -0.1) is 0 Å². The summed E-state index contributed by atoms with van der Waals surface area (Å²) < 4.78 is 0. The molecule has 1 fully saturated rings. The molecule has 2 N–H and O–H groups in total. The lowest BCUT2D eigenvalue weighted by Gasteiger charge is -2.48. The van der Waals surface area contributed by atoms with Gasteiger partial charge in [0.1, 0.15) is 5.69 Å². The zero-order valence-corrected chi connectivity index (χ0v) is 12.3. The van der Waals surface area contributed by atoms with Crippen molar-refractivity contribution in [1.82, 2.24) is 15.2 Å². The van der Waals surface area contributed by atoms with Gasteiger partial charge in [0.2, 0.25) is 5.91 Å². The maximum Gasteiger partial charge on any atom is 0.268 e. The lowest BCUT2D eigenvalue weighted by molar-refractivity contribution is -0.143. The van der Waals surface area contributed by atoms with E-state index in [1.165, 1.54) is 0 Å². The Morgan fingerprint density at radius 2 is 2.10 bits per heavy atom. The number of H-pyrrole nitrogens is 1. The average molecular weight is 285 g/mol. The topological polar surface area (TPSA) is 65.2 Å². The van der Waals surface area contributed by atoms with Crippen LogP contribution in [0.5, 0.6) is 0 Å². The van der Waals surface area contributed by atoms with Crippen LogP contribution in [0.3, 0.4) is 0 Å². The van der Waals surface area contributed by atoms with E-state index in [9.17, 15) is 9.59 Å². The molecule has 0 aliphatic carbocycles. The van der Waals surface area contributed by atoms with Crippen molar-refractivity contribution in [1.29, 1.82) is 0 Å². The maximum atomic E-state index is 12.1. The van der Waals surface area contributed by atoms with Crippen molar-refractivity contribution in [2.75, 3.05) is 13.1 Å². The lowest BCUT2D eigenvalue weighted by atomic mass is 9.89. The van der Waals surface area contributed by atoms with Crippen LogP contribution in [0.15, 0.2) is 30.3 Å². The summed E-state index contributed by atoms with van der Waals surface area (Å²) >= 11 is 0. The standard InChI is InChI=1S/C16H19N3O2/c1-16(2)7-8-19(16)14(20)10-17-15(21)13-9-11-5-3-4-6-12(11)18-13/h3-6,9,18H,7-8,10H2,1-2H3,(H,17,21). The van der Waals surface area contributed by atoms with Gasteiger partial charge in [0.15, 0.2) is 0 Å². The first-order valence-electron chi connectivity index (χ1n) is 7.14. The minimum Gasteiger partial charge on any atom is -0.351 e. The Balaban J connectivity index is 1.63. The number of fused-ring (bicyclic) bond motifs is 1. The average Bonchev–Trinajstić information content (AvgIpc) is 2.87. The summed E-state index contributed by atoms with van der Waals surface area (Å²) in [7, 11) is 0. The van der Waals surface area contributed by atoms with Crippen molar-refractivity contribution in [2.45, 2.75) is 25.8 Å². The number of likely N-dealkylation sites (tertiary alicyclic amines) is 1. The smallest absolute Gasteiger partial charge is 0.268 e. The molecule has 1 saturated heterocycles. The Bertz CT molecular complexity index is 669. The Morgan fingerprint density at radius 1 is 1.33 bits per heavy atom. The largest absolute Gasteiger partial charge is 0.351 e. The molecule has 0 saturated carbocycles. The van der Waals surface area contributed by atoms with E-state index in [1.807, 2.05) is 38.1 Å². The molecule has 0 atom stereocenters. The second kappa shape index (κ2) is 4.91. The summed E-state index contributed by atoms with van der Waals surface area (Å²) in [4.78, 5) is 29.0. The minimum atomic E-state index is -0.252. The maximum absolute atomic E-state index is 12.1. The van der Waals surface area contributed by atoms with E-state index in [2.05, 4.69) is 10.3 Å². The monoisotopic (exact) mass is 285 g/mol. The van der Waals surface area contributed by atoms with Crippen molar-refractivity contribution < 1.29 is 9.59 Å². The molecule has 0 unspecified atom stereocenters. The van der Waals surface area contributed by atoms with Gasteiger partial charge in [-0.2, -0.15) is 0 Å². The molecular weight excluding hydrogens is 266 g/mol. The van der Waals surface area contributed by atoms with Gasteiger partial charge in [0, 0.05) is 23.0 Å². The lowest BCUT2D eigenvalue weighted by Crippen LogP contribution is -2.60. The van der Waals surface area contributed by atoms with Crippen LogP contribution >= 0.6 is 0 Å². The van der Waals surface area contributed by atoms with Crippen LogP contribution in [-0.2, 0) is 4.79 Å². The van der Waals surface area contributed by atoms with Crippen LogP contribution in [0, 0.1) is 0 Å².